The number of aliphatic hydroxyl groups is 2. The molecule has 0 atom stereocenters. The van der Waals surface area contributed by atoms with E-state index in [0.29, 0.717) is 33.2 Å². The van der Waals surface area contributed by atoms with Gasteiger partial charge in [-0.25, -0.2) is 8.42 Å². The fraction of sp³-hybridized carbons (Fsp3) is 0.258. The molecule has 0 saturated carbocycles. The first-order valence-electron chi connectivity index (χ1n) is 13.5. The lowest BCUT2D eigenvalue weighted by Gasteiger charge is -2.19. The van der Waals surface area contributed by atoms with Crippen LogP contribution in [0.2, 0.25) is 5.02 Å². The predicted molar refractivity (Wildman–Crippen MR) is 164 cm³/mol. The lowest BCUT2D eigenvalue weighted by atomic mass is 9.96. The number of benzene rings is 4. The first kappa shape index (κ1) is 32.1. The van der Waals surface area contributed by atoms with E-state index in [0.717, 1.165) is 0 Å². The standard InChI is InChI=1S/C31H32ClN3O7S/c1-4-35(5-2)43(40,41)23-11-10-20(17-36)27(16-23)33-34-30-24-9-7-6-8-19(24)12-25(31(30)39)28(38)14-21-13-26(32)22(18-37)15-29(21)42-3/h6-13,15-16,36-37,39H,4-5,14,17-18H2,1-3H3. The lowest BCUT2D eigenvalue weighted by Crippen LogP contribution is -2.30. The molecule has 0 bridgehead atoms. The summed E-state index contributed by atoms with van der Waals surface area (Å²) in [5, 5.41) is 40.6. The molecule has 0 spiro atoms. The largest absolute Gasteiger partial charge is 0.505 e. The Labute approximate surface area is 254 Å². The molecule has 4 rings (SSSR count). The quantitative estimate of drug-likeness (QED) is 0.128. The third-order valence-electron chi connectivity index (χ3n) is 7.09. The Kier molecular flexibility index (Phi) is 10.2. The summed E-state index contributed by atoms with van der Waals surface area (Å²) in [5.41, 5.74) is 1.32. The van der Waals surface area contributed by atoms with Crippen LogP contribution in [-0.2, 0) is 29.7 Å². The molecule has 43 heavy (non-hydrogen) atoms. The van der Waals surface area contributed by atoms with Crippen LogP contribution in [0.25, 0.3) is 10.8 Å². The van der Waals surface area contributed by atoms with Crippen LogP contribution in [-0.4, -0.2) is 54.0 Å². The molecule has 0 radical (unpaired) electrons. The zero-order valence-corrected chi connectivity index (χ0v) is 25.5. The molecule has 0 saturated heterocycles. The van der Waals surface area contributed by atoms with Crippen LogP contribution in [0.4, 0.5) is 11.4 Å². The molecule has 0 aliphatic rings. The smallest absolute Gasteiger partial charge is 0.243 e. The number of Topliss-reactive ketones (excluding diaryl/α,β-unsaturated/α-hetero) is 1. The number of carbonyl (C=O) groups excluding carboxylic acids is 1. The van der Waals surface area contributed by atoms with Gasteiger partial charge in [-0.1, -0.05) is 55.8 Å². The number of halogens is 1. The average molecular weight is 626 g/mol. The van der Waals surface area contributed by atoms with Crippen LogP contribution in [0.15, 0.2) is 75.8 Å². The van der Waals surface area contributed by atoms with Crippen molar-refractivity contribution in [2.75, 3.05) is 20.2 Å². The number of aliphatic hydroxyl groups excluding tert-OH is 2. The summed E-state index contributed by atoms with van der Waals surface area (Å²) >= 11 is 6.26. The molecule has 12 heteroatoms. The molecule has 0 heterocycles. The molecule has 10 nitrogen and oxygen atoms in total. The van der Waals surface area contributed by atoms with Crippen molar-refractivity contribution in [3.63, 3.8) is 0 Å². The summed E-state index contributed by atoms with van der Waals surface area (Å²) in [6.07, 6.45) is -0.170. The third kappa shape index (κ3) is 6.56. The van der Waals surface area contributed by atoms with Crippen molar-refractivity contribution < 1.29 is 33.3 Å². The summed E-state index contributed by atoms with van der Waals surface area (Å²) in [4.78, 5) is 13.5. The van der Waals surface area contributed by atoms with Crippen molar-refractivity contribution in [3.05, 3.63) is 87.9 Å². The second kappa shape index (κ2) is 13.6. The number of methoxy groups -OCH3 is 1. The summed E-state index contributed by atoms with van der Waals surface area (Å²) in [5.74, 6) is -0.505. The van der Waals surface area contributed by atoms with Crippen LogP contribution in [0, 0.1) is 0 Å². The monoisotopic (exact) mass is 625 g/mol. The number of ether oxygens (including phenoxy) is 1. The fourth-order valence-corrected chi connectivity index (χ4v) is 6.46. The van der Waals surface area contributed by atoms with Gasteiger partial charge in [0.25, 0.3) is 0 Å². The van der Waals surface area contributed by atoms with Crippen LogP contribution < -0.4 is 4.74 Å². The molecule has 0 fully saturated rings. The number of phenolic OH excluding ortho intramolecular Hbond substituents is 1. The van der Waals surface area contributed by atoms with E-state index in [-0.39, 0.29) is 53.0 Å². The Morgan fingerprint density at radius 3 is 2.28 bits per heavy atom. The van der Waals surface area contributed by atoms with Crippen LogP contribution in [0.3, 0.4) is 0 Å². The highest BCUT2D eigenvalue weighted by atomic mass is 35.5. The summed E-state index contributed by atoms with van der Waals surface area (Å²) in [6, 6.07) is 15.8. The first-order chi connectivity index (χ1) is 20.6. The van der Waals surface area contributed by atoms with E-state index in [1.165, 1.54) is 35.7 Å². The fourth-order valence-electron chi connectivity index (χ4n) is 4.73. The van der Waals surface area contributed by atoms with Gasteiger partial charge in [0.1, 0.15) is 11.4 Å². The van der Waals surface area contributed by atoms with Gasteiger partial charge >= 0.3 is 0 Å². The number of rotatable bonds is 12. The Morgan fingerprint density at radius 1 is 0.930 bits per heavy atom. The number of carbonyl (C=O) groups is 1. The lowest BCUT2D eigenvalue weighted by molar-refractivity contribution is 0.0989. The minimum atomic E-state index is -3.81. The number of azo groups is 1. The molecule has 0 aromatic heterocycles. The number of sulfonamides is 1. The highest BCUT2D eigenvalue weighted by Crippen LogP contribution is 2.41. The van der Waals surface area contributed by atoms with E-state index >= 15 is 0 Å². The molecule has 0 aliphatic carbocycles. The van der Waals surface area contributed by atoms with E-state index in [1.54, 1.807) is 50.2 Å². The van der Waals surface area contributed by atoms with Gasteiger partial charge in [-0.15, -0.1) is 10.2 Å². The second-order valence-electron chi connectivity index (χ2n) is 9.59. The van der Waals surface area contributed by atoms with Gasteiger partial charge in [-0.05, 0) is 41.3 Å². The summed E-state index contributed by atoms with van der Waals surface area (Å²) in [7, 11) is -2.38. The van der Waals surface area contributed by atoms with E-state index in [9.17, 15) is 28.5 Å². The minimum absolute atomic E-state index is 0.00275. The van der Waals surface area contributed by atoms with Crippen molar-refractivity contribution in [1.29, 1.82) is 0 Å². The van der Waals surface area contributed by atoms with Gasteiger partial charge in [0, 0.05) is 41.0 Å². The third-order valence-corrected chi connectivity index (χ3v) is 9.49. The zero-order valence-electron chi connectivity index (χ0n) is 23.9. The topological polar surface area (TPSA) is 149 Å². The highest BCUT2D eigenvalue weighted by Gasteiger charge is 2.24. The Hall–Kier alpha value is -3.87. The second-order valence-corrected chi connectivity index (χ2v) is 11.9. The normalized spacial score (nSPS) is 12.0. The Balaban J connectivity index is 1.80. The maximum Gasteiger partial charge on any atom is 0.243 e. The molecular formula is C31H32ClN3O7S. The molecular weight excluding hydrogens is 594 g/mol. The van der Waals surface area contributed by atoms with Crippen molar-refractivity contribution >= 4 is 49.6 Å². The van der Waals surface area contributed by atoms with Crippen molar-refractivity contribution in [1.82, 2.24) is 4.31 Å². The number of aromatic hydroxyl groups is 1. The van der Waals surface area contributed by atoms with Gasteiger partial charge in [0.2, 0.25) is 10.0 Å². The number of nitrogens with zero attached hydrogens (tertiary/aromatic N) is 3. The van der Waals surface area contributed by atoms with Crippen LogP contribution >= 0.6 is 11.6 Å². The summed E-state index contributed by atoms with van der Waals surface area (Å²) in [6.45, 7) is 3.31. The minimum Gasteiger partial charge on any atom is -0.505 e. The first-order valence-corrected chi connectivity index (χ1v) is 15.3. The number of phenols is 1. The molecule has 0 unspecified atom stereocenters. The van der Waals surface area contributed by atoms with Gasteiger partial charge in [-0.3, -0.25) is 4.79 Å². The maximum atomic E-state index is 13.5. The van der Waals surface area contributed by atoms with Crippen LogP contribution in [0.1, 0.15) is 40.9 Å². The molecule has 0 amide bonds. The molecule has 4 aromatic rings. The van der Waals surface area contributed by atoms with Crippen molar-refractivity contribution in [2.45, 2.75) is 38.4 Å². The highest BCUT2D eigenvalue weighted by molar-refractivity contribution is 7.89. The molecule has 226 valence electrons. The van der Waals surface area contributed by atoms with Crippen LogP contribution in [0.5, 0.6) is 11.5 Å². The van der Waals surface area contributed by atoms with Crippen molar-refractivity contribution in [2.24, 2.45) is 10.2 Å². The van der Waals surface area contributed by atoms with Gasteiger partial charge in [-0.2, -0.15) is 4.31 Å². The molecule has 0 aliphatic heterocycles. The average Bonchev–Trinajstić information content (AvgIpc) is 3.00. The SMILES string of the molecule is CCN(CC)S(=O)(=O)c1ccc(CO)c(N=Nc2c(O)c(C(=O)Cc3cc(Cl)c(CO)cc3OC)cc3ccccc23)c1. The number of ketones is 1. The van der Waals surface area contributed by atoms with E-state index in [4.69, 9.17) is 16.3 Å². The van der Waals surface area contributed by atoms with E-state index < -0.39 is 28.2 Å². The van der Waals surface area contributed by atoms with E-state index in [1.807, 2.05) is 0 Å². The van der Waals surface area contributed by atoms with Gasteiger partial charge in [0.05, 0.1) is 36.5 Å². The number of fused-ring (bicyclic) bond motifs is 1. The van der Waals surface area contributed by atoms with E-state index in [2.05, 4.69) is 10.2 Å². The van der Waals surface area contributed by atoms with Gasteiger partial charge in [0.15, 0.2) is 11.5 Å². The van der Waals surface area contributed by atoms with Gasteiger partial charge < -0.3 is 20.1 Å². The maximum absolute atomic E-state index is 13.5. The Morgan fingerprint density at radius 2 is 1.63 bits per heavy atom. The molecule has 4 aromatic carbocycles. The summed E-state index contributed by atoms with van der Waals surface area (Å²) < 4.78 is 32.9. The Bertz CT molecular complexity index is 1810. The van der Waals surface area contributed by atoms with Crippen molar-refractivity contribution in [3.8, 4) is 11.5 Å². The zero-order chi connectivity index (χ0) is 31.3. The predicted octanol–water partition coefficient (Wildman–Crippen LogP) is 6.06. The molecule has 3 N–H and O–H groups in total. The number of hydrogen-bond donors (Lipinski definition) is 3. The number of hydrogen-bond acceptors (Lipinski definition) is 9.